The van der Waals surface area contributed by atoms with Crippen molar-refractivity contribution in [3.05, 3.63) is 35.4 Å². The molecular formula is C17H28ClN3O. The minimum atomic E-state index is 0. The molecule has 1 atom stereocenters. The SMILES string of the molecule is Cc1ccc(C(C)N(C)CCC(=O)N2CCNCC2)cc1.Cl. The van der Waals surface area contributed by atoms with Crippen molar-refractivity contribution in [1.82, 2.24) is 15.1 Å². The van der Waals surface area contributed by atoms with E-state index in [2.05, 4.69) is 55.4 Å². The van der Waals surface area contributed by atoms with Crippen LogP contribution in [0.1, 0.15) is 30.5 Å². The van der Waals surface area contributed by atoms with Gasteiger partial charge in [-0.1, -0.05) is 29.8 Å². The van der Waals surface area contributed by atoms with Gasteiger partial charge in [0, 0.05) is 45.2 Å². The van der Waals surface area contributed by atoms with E-state index in [0.29, 0.717) is 12.5 Å². The van der Waals surface area contributed by atoms with Crippen molar-refractivity contribution >= 4 is 18.3 Å². The molecule has 4 nitrogen and oxygen atoms in total. The molecule has 22 heavy (non-hydrogen) atoms. The summed E-state index contributed by atoms with van der Waals surface area (Å²) < 4.78 is 0. The van der Waals surface area contributed by atoms with Crippen LogP contribution in [-0.2, 0) is 4.79 Å². The molecular weight excluding hydrogens is 298 g/mol. The van der Waals surface area contributed by atoms with Gasteiger partial charge in [-0.2, -0.15) is 0 Å². The smallest absolute Gasteiger partial charge is 0.223 e. The number of aryl methyl sites for hydroxylation is 1. The molecule has 1 aromatic rings. The lowest BCUT2D eigenvalue weighted by atomic mass is 10.1. The molecule has 124 valence electrons. The fraction of sp³-hybridized carbons (Fsp3) is 0.588. The van der Waals surface area contributed by atoms with E-state index < -0.39 is 0 Å². The third-order valence-corrected chi connectivity index (χ3v) is 4.37. The second-order valence-electron chi connectivity index (χ2n) is 5.95. The molecule has 1 heterocycles. The lowest BCUT2D eigenvalue weighted by Crippen LogP contribution is -2.47. The minimum absolute atomic E-state index is 0. The van der Waals surface area contributed by atoms with Gasteiger partial charge >= 0.3 is 0 Å². The largest absolute Gasteiger partial charge is 0.340 e. The van der Waals surface area contributed by atoms with Crippen molar-refractivity contribution < 1.29 is 4.79 Å². The molecule has 1 N–H and O–H groups in total. The van der Waals surface area contributed by atoms with Crippen LogP contribution < -0.4 is 5.32 Å². The number of benzene rings is 1. The standard InChI is InChI=1S/C17H27N3O.ClH/c1-14-4-6-16(7-5-14)15(2)19(3)11-8-17(21)20-12-9-18-10-13-20;/h4-7,15,18H,8-13H2,1-3H3;1H. The highest BCUT2D eigenvalue weighted by Gasteiger charge is 2.18. The highest BCUT2D eigenvalue weighted by Crippen LogP contribution is 2.19. The summed E-state index contributed by atoms with van der Waals surface area (Å²) in [5.41, 5.74) is 2.58. The zero-order valence-electron chi connectivity index (χ0n) is 13.8. The monoisotopic (exact) mass is 325 g/mol. The number of piperazine rings is 1. The number of amides is 1. The Balaban J connectivity index is 0.00000242. The van der Waals surface area contributed by atoms with Gasteiger partial charge in [-0.05, 0) is 26.5 Å². The third-order valence-electron chi connectivity index (χ3n) is 4.37. The normalized spacial score (nSPS) is 16.3. The number of nitrogens with zero attached hydrogens (tertiary/aromatic N) is 2. The molecule has 0 spiro atoms. The summed E-state index contributed by atoms with van der Waals surface area (Å²) in [6.07, 6.45) is 0.604. The number of hydrogen-bond donors (Lipinski definition) is 1. The van der Waals surface area contributed by atoms with Crippen molar-refractivity contribution in [2.75, 3.05) is 39.8 Å². The predicted octanol–water partition coefficient (Wildman–Crippen LogP) is 2.23. The van der Waals surface area contributed by atoms with Crippen molar-refractivity contribution in [3.8, 4) is 0 Å². The van der Waals surface area contributed by atoms with Crippen LogP contribution in [0.2, 0.25) is 0 Å². The molecule has 0 aliphatic carbocycles. The Morgan fingerprint density at radius 1 is 1.27 bits per heavy atom. The fourth-order valence-corrected chi connectivity index (χ4v) is 2.64. The number of rotatable bonds is 5. The molecule has 1 saturated heterocycles. The van der Waals surface area contributed by atoms with Crippen LogP contribution in [0.15, 0.2) is 24.3 Å². The van der Waals surface area contributed by atoms with Crippen LogP contribution in [0, 0.1) is 6.92 Å². The van der Waals surface area contributed by atoms with Crippen molar-refractivity contribution in [3.63, 3.8) is 0 Å². The third kappa shape index (κ3) is 5.27. The topological polar surface area (TPSA) is 35.6 Å². The quantitative estimate of drug-likeness (QED) is 0.901. The van der Waals surface area contributed by atoms with Gasteiger partial charge in [0.1, 0.15) is 0 Å². The van der Waals surface area contributed by atoms with E-state index in [4.69, 9.17) is 0 Å². The van der Waals surface area contributed by atoms with Crippen LogP contribution in [0.5, 0.6) is 0 Å². The number of carbonyl (C=O) groups excluding carboxylic acids is 1. The van der Waals surface area contributed by atoms with Crippen molar-refractivity contribution in [2.24, 2.45) is 0 Å². The van der Waals surface area contributed by atoms with Crippen LogP contribution >= 0.6 is 12.4 Å². The van der Waals surface area contributed by atoms with Crippen molar-refractivity contribution in [1.29, 1.82) is 0 Å². The van der Waals surface area contributed by atoms with Gasteiger partial charge in [0.15, 0.2) is 0 Å². The molecule has 1 aromatic carbocycles. The maximum atomic E-state index is 12.2. The molecule has 1 aliphatic rings. The van der Waals surface area contributed by atoms with Gasteiger partial charge in [-0.25, -0.2) is 0 Å². The predicted molar refractivity (Wildman–Crippen MR) is 93.5 cm³/mol. The van der Waals surface area contributed by atoms with Gasteiger partial charge in [-0.3, -0.25) is 9.69 Å². The molecule has 0 bridgehead atoms. The Hall–Kier alpha value is -1.10. The van der Waals surface area contributed by atoms with Crippen LogP contribution in [0.25, 0.3) is 0 Å². The summed E-state index contributed by atoms with van der Waals surface area (Å²) in [4.78, 5) is 16.4. The molecule has 0 radical (unpaired) electrons. The molecule has 2 rings (SSSR count). The zero-order valence-corrected chi connectivity index (χ0v) is 14.7. The second-order valence-corrected chi connectivity index (χ2v) is 5.95. The van der Waals surface area contributed by atoms with Crippen molar-refractivity contribution in [2.45, 2.75) is 26.3 Å². The molecule has 5 heteroatoms. The maximum absolute atomic E-state index is 12.2. The fourth-order valence-electron chi connectivity index (χ4n) is 2.64. The van der Waals surface area contributed by atoms with E-state index in [-0.39, 0.29) is 18.3 Å². The first-order valence-corrected chi connectivity index (χ1v) is 7.83. The average molecular weight is 326 g/mol. The Kier molecular flexibility index (Phi) is 7.87. The molecule has 1 unspecified atom stereocenters. The lowest BCUT2D eigenvalue weighted by Gasteiger charge is -2.29. The summed E-state index contributed by atoms with van der Waals surface area (Å²) in [7, 11) is 2.09. The number of carbonyl (C=O) groups is 1. The molecule has 0 saturated carbocycles. The van der Waals surface area contributed by atoms with E-state index in [0.717, 1.165) is 32.7 Å². The zero-order chi connectivity index (χ0) is 15.2. The first kappa shape index (κ1) is 18.9. The Labute approximate surface area is 140 Å². The van der Waals surface area contributed by atoms with Gasteiger partial charge in [-0.15, -0.1) is 12.4 Å². The number of hydrogen-bond acceptors (Lipinski definition) is 3. The molecule has 1 amide bonds. The molecule has 0 aromatic heterocycles. The summed E-state index contributed by atoms with van der Waals surface area (Å²) in [5.74, 6) is 0.277. The Morgan fingerprint density at radius 3 is 2.45 bits per heavy atom. The lowest BCUT2D eigenvalue weighted by molar-refractivity contribution is -0.132. The van der Waals surface area contributed by atoms with Gasteiger partial charge < -0.3 is 10.2 Å². The summed E-state index contributed by atoms with van der Waals surface area (Å²) in [6.45, 7) is 8.62. The van der Waals surface area contributed by atoms with E-state index in [1.165, 1.54) is 11.1 Å². The van der Waals surface area contributed by atoms with E-state index in [1.54, 1.807) is 0 Å². The first-order valence-electron chi connectivity index (χ1n) is 7.83. The van der Waals surface area contributed by atoms with E-state index in [1.807, 2.05) is 4.90 Å². The van der Waals surface area contributed by atoms with Gasteiger partial charge in [0.05, 0.1) is 0 Å². The number of nitrogens with one attached hydrogen (secondary N) is 1. The van der Waals surface area contributed by atoms with Crippen LogP contribution in [0.4, 0.5) is 0 Å². The Morgan fingerprint density at radius 2 is 1.86 bits per heavy atom. The van der Waals surface area contributed by atoms with Crippen LogP contribution in [-0.4, -0.2) is 55.5 Å². The highest BCUT2D eigenvalue weighted by molar-refractivity contribution is 5.85. The van der Waals surface area contributed by atoms with E-state index in [9.17, 15) is 4.79 Å². The second kappa shape index (κ2) is 9.13. The Bertz CT molecular complexity index is 457. The molecule has 1 aliphatic heterocycles. The summed E-state index contributed by atoms with van der Waals surface area (Å²) in [6, 6.07) is 8.97. The highest BCUT2D eigenvalue weighted by atomic mass is 35.5. The summed E-state index contributed by atoms with van der Waals surface area (Å²) >= 11 is 0. The van der Waals surface area contributed by atoms with Gasteiger partial charge in [0.2, 0.25) is 5.91 Å². The van der Waals surface area contributed by atoms with Gasteiger partial charge in [0.25, 0.3) is 0 Å². The first-order chi connectivity index (χ1) is 10.1. The maximum Gasteiger partial charge on any atom is 0.223 e. The number of halogens is 1. The van der Waals surface area contributed by atoms with E-state index >= 15 is 0 Å². The minimum Gasteiger partial charge on any atom is -0.340 e. The van der Waals surface area contributed by atoms with Crippen LogP contribution in [0.3, 0.4) is 0 Å². The molecule has 1 fully saturated rings. The summed E-state index contributed by atoms with van der Waals surface area (Å²) in [5, 5.41) is 3.27. The average Bonchev–Trinajstić information content (AvgIpc) is 2.53.